The largest absolute Gasteiger partial charge is 0.299 e. The minimum atomic E-state index is -2.61. The van der Waals surface area contributed by atoms with E-state index in [9.17, 15) is 0 Å². The first kappa shape index (κ1) is 8.93. The summed E-state index contributed by atoms with van der Waals surface area (Å²) >= 11 is -2.61. The van der Waals surface area contributed by atoms with E-state index in [1.165, 1.54) is 0 Å². The third-order valence-corrected chi connectivity index (χ3v) is 0. The Hall–Kier alpha value is 0.135. The molecule has 5 heteroatoms. The first-order valence-corrected chi connectivity index (χ1v) is 1.60. The molecule has 0 saturated carbocycles. The van der Waals surface area contributed by atoms with E-state index in [1.54, 1.807) is 0 Å². The van der Waals surface area contributed by atoms with E-state index in [2.05, 4.69) is 0 Å². The summed E-state index contributed by atoms with van der Waals surface area (Å²) in [7, 11) is 0. The minimum absolute atomic E-state index is 0. The molecule has 0 rings (SSSR count). The Bertz CT molecular complexity index is 29.9. The average molecular weight is 95.9 g/mol. The van der Waals surface area contributed by atoms with Crippen LogP contribution in [-0.2, 0) is 11.4 Å². The van der Waals surface area contributed by atoms with Crippen LogP contribution in [0.2, 0.25) is 0 Å². The molecule has 0 aliphatic heterocycles. The number of hydrogen-bond donors (Lipinski definition) is 2. The van der Waals surface area contributed by atoms with Crippen LogP contribution in [0, 0.1) is 0 Å². The lowest BCUT2D eigenvalue weighted by Crippen LogP contribution is -1.74. The van der Waals surface area contributed by atoms with Gasteiger partial charge in [0.25, 0.3) is 11.4 Å². The van der Waals surface area contributed by atoms with Crippen molar-refractivity contribution in [3.8, 4) is 0 Å². The molecular formula is H5BO3S. The molecule has 32 valence electrons. The first-order valence-electron chi connectivity index (χ1n) is 0.532. The van der Waals surface area contributed by atoms with Crippen molar-refractivity contribution in [1.29, 1.82) is 0 Å². The molecule has 0 aliphatic carbocycles. The molecule has 0 radical (unpaired) electrons. The average Bonchev–Trinajstić information content (AvgIpc) is 0.811. The van der Waals surface area contributed by atoms with E-state index < -0.39 is 11.4 Å². The summed E-state index contributed by atoms with van der Waals surface area (Å²) < 4.78 is 22.8. The number of rotatable bonds is 0. The van der Waals surface area contributed by atoms with Crippen LogP contribution in [-0.4, -0.2) is 21.7 Å². The molecule has 0 bridgehead atoms. The molecule has 5 heavy (non-hydrogen) atoms. The minimum Gasteiger partial charge on any atom is -0.284 e. The summed E-state index contributed by atoms with van der Waals surface area (Å²) in [4.78, 5) is 0. The van der Waals surface area contributed by atoms with Gasteiger partial charge in [-0.25, -0.2) is 0 Å². The van der Waals surface area contributed by atoms with E-state index in [0.29, 0.717) is 0 Å². The van der Waals surface area contributed by atoms with Crippen LogP contribution in [0.15, 0.2) is 0 Å². The van der Waals surface area contributed by atoms with Crippen molar-refractivity contribution >= 4 is 19.8 Å². The van der Waals surface area contributed by atoms with E-state index in [0.717, 1.165) is 0 Å². The Morgan fingerprint density at radius 2 is 1.40 bits per heavy atom. The third-order valence-electron chi connectivity index (χ3n) is 0. The van der Waals surface area contributed by atoms with Crippen LogP contribution in [0.25, 0.3) is 0 Å². The Labute approximate surface area is 34.1 Å². The van der Waals surface area contributed by atoms with Crippen LogP contribution in [0.5, 0.6) is 0 Å². The zero-order valence-electron chi connectivity index (χ0n) is 1.71. The highest BCUT2D eigenvalue weighted by atomic mass is 32.2. The molecule has 0 aromatic rings. The molecule has 0 atom stereocenters. The van der Waals surface area contributed by atoms with Gasteiger partial charge in [-0.15, -0.1) is 0 Å². The quantitative estimate of drug-likeness (QED) is 0.285. The van der Waals surface area contributed by atoms with E-state index >= 15 is 0 Å². The summed E-state index contributed by atoms with van der Waals surface area (Å²) in [6, 6.07) is 0. The van der Waals surface area contributed by atoms with Crippen LogP contribution in [0.4, 0.5) is 0 Å². The smallest absolute Gasteiger partial charge is 0.284 e. The van der Waals surface area contributed by atoms with Gasteiger partial charge >= 0.3 is 0 Å². The normalized spacial score (nSPS) is 7.00. The predicted molar refractivity (Wildman–Crippen MR) is 23.3 cm³/mol. The van der Waals surface area contributed by atoms with Gasteiger partial charge in [-0.05, 0) is 0 Å². The maximum absolute atomic E-state index is 8.67. The summed E-state index contributed by atoms with van der Waals surface area (Å²) in [6.07, 6.45) is 0. The van der Waals surface area contributed by atoms with Crippen LogP contribution >= 0.6 is 0 Å². The Balaban J connectivity index is 0. The summed E-state index contributed by atoms with van der Waals surface area (Å²) in [5.41, 5.74) is 0. The van der Waals surface area contributed by atoms with Crippen molar-refractivity contribution in [2.24, 2.45) is 0 Å². The second-order valence-corrected chi connectivity index (χ2v) is 0.692. The van der Waals surface area contributed by atoms with Gasteiger partial charge < -0.3 is 0 Å². The molecule has 0 amide bonds. The molecule has 3 nitrogen and oxygen atoms in total. The van der Waals surface area contributed by atoms with Gasteiger partial charge in [0.1, 0.15) is 0 Å². The molecule has 0 aromatic heterocycles. The van der Waals surface area contributed by atoms with Crippen LogP contribution < -0.4 is 0 Å². The zero-order chi connectivity index (χ0) is 3.58. The molecular weight excluding hydrogens is 90.9 g/mol. The van der Waals surface area contributed by atoms with Gasteiger partial charge in [-0.2, -0.15) is 4.21 Å². The molecule has 0 saturated heterocycles. The molecule has 0 aromatic carbocycles. The summed E-state index contributed by atoms with van der Waals surface area (Å²) in [5, 5.41) is 0. The Morgan fingerprint density at radius 3 is 1.40 bits per heavy atom. The Kier molecular flexibility index (Phi) is 7.39. The molecule has 0 aliphatic rings. The number of hydrogen-bond acceptors (Lipinski definition) is 1. The van der Waals surface area contributed by atoms with Gasteiger partial charge in [-0.3, -0.25) is 9.11 Å². The lowest BCUT2D eigenvalue weighted by atomic mass is 10.8. The third kappa shape index (κ3) is 1040. The lowest BCUT2D eigenvalue weighted by molar-refractivity contribution is 0.454. The summed E-state index contributed by atoms with van der Waals surface area (Å²) in [5.74, 6) is 0. The van der Waals surface area contributed by atoms with Crippen molar-refractivity contribution in [2.75, 3.05) is 0 Å². The van der Waals surface area contributed by atoms with E-state index in [-0.39, 0.29) is 8.41 Å². The zero-order valence-corrected chi connectivity index (χ0v) is 2.53. The van der Waals surface area contributed by atoms with Crippen LogP contribution in [0.3, 0.4) is 0 Å². The molecule has 0 heterocycles. The van der Waals surface area contributed by atoms with Crippen molar-refractivity contribution in [2.45, 2.75) is 0 Å². The molecule has 0 fully saturated rings. The highest BCUT2D eigenvalue weighted by molar-refractivity contribution is 7.73. The maximum Gasteiger partial charge on any atom is 0.299 e. The van der Waals surface area contributed by atoms with Crippen molar-refractivity contribution < 1.29 is 13.3 Å². The van der Waals surface area contributed by atoms with Gasteiger partial charge in [-0.1, -0.05) is 0 Å². The van der Waals surface area contributed by atoms with E-state index in [1.807, 2.05) is 0 Å². The SMILES string of the molecule is B.O=S(O)O. The predicted octanol–water partition coefficient (Wildman–Crippen LogP) is -1.50. The highest BCUT2D eigenvalue weighted by Gasteiger charge is 1.62. The fourth-order valence-electron chi connectivity index (χ4n) is 0. The topological polar surface area (TPSA) is 57.5 Å². The fraction of sp³-hybridized carbons (Fsp3) is 0. The van der Waals surface area contributed by atoms with E-state index in [4.69, 9.17) is 13.3 Å². The molecule has 0 unspecified atom stereocenters. The lowest BCUT2D eigenvalue weighted by Gasteiger charge is -1.59. The van der Waals surface area contributed by atoms with Crippen molar-refractivity contribution in [3.63, 3.8) is 0 Å². The Morgan fingerprint density at radius 1 is 1.40 bits per heavy atom. The van der Waals surface area contributed by atoms with Gasteiger partial charge in [0, 0.05) is 0 Å². The van der Waals surface area contributed by atoms with Gasteiger partial charge in [0.15, 0.2) is 0 Å². The van der Waals surface area contributed by atoms with Crippen LogP contribution in [0.1, 0.15) is 0 Å². The summed E-state index contributed by atoms with van der Waals surface area (Å²) in [6.45, 7) is 0. The van der Waals surface area contributed by atoms with Crippen molar-refractivity contribution in [1.82, 2.24) is 0 Å². The monoisotopic (exact) mass is 96.0 g/mol. The standard InChI is InChI=1S/BH3.H2O3S/c;1-4(2)3/h1H3;(H2,1,2,3). The highest BCUT2D eigenvalue weighted by Crippen LogP contribution is 1.44. The second kappa shape index (κ2) is 4.13. The van der Waals surface area contributed by atoms with Gasteiger partial charge in [0.05, 0.1) is 8.41 Å². The van der Waals surface area contributed by atoms with Crippen molar-refractivity contribution in [3.05, 3.63) is 0 Å². The maximum atomic E-state index is 8.67. The fourth-order valence-corrected chi connectivity index (χ4v) is 0. The second-order valence-electron chi connectivity index (χ2n) is 0.231. The van der Waals surface area contributed by atoms with Gasteiger partial charge in [0.2, 0.25) is 0 Å². The molecule has 0 spiro atoms. The molecule has 2 N–H and O–H groups in total. The first-order chi connectivity index (χ1) is 1.73.